The largest absolute Gasteiger partial charge is 0.462 e. The zero-order valence-corrected chi connectivity index (χ0v) is 28.3. The minimum Gasteiger partial charge on any atom is -0.462 e. The molecule has 3 saturated carbocycles. The Morgan fingerprint density at radius 1 is 0.854 bits per heavy atom. The van der Waals surface area contributed by atoms with Gasteiger partial charge in [0, 0.05) is 12.8 Å². The predicted octanol–water partition coefficient (Wildman–Crippen LogP) is 11.9. The van der Waals surface area contributed by atoms with Crippen LogP contribution >= 0.6 is 0 Å². The van der Waals surface area contributed by atoms with Gasteiger partial charge in [-0.15, -0.1) is 0 Å². The maximum absolute atomic E-state index is 12.7. The van der Waals surface area contributed by atoms with Gasteiger partial charge in [0.05, 0.1) is 0 Å². The highest BCUT2D eigenvalue weighted by Crippen LogP contribution is 2.67. The lowest BCUT2D eigenvalue weighted by Gasteiger charge is -2.58. The van der Waals surface area contributed by atoms with Crippen LogP contribution in [0.4, 0.5) is 0 Å². The van der Waals surface area contributed by atoms with Crippen LogP contribution in [0.15, 0.2) is 11.6 Å². The Labute approximate surface area is 255 Å². The van der Waals surface area contributed by atoms with Crippen LogP contribution in [0, 0.1) is 46.3 Å². The Bertz CT molecular complexity index is 843. The van der Waals surface area contributed by atoms with Gasteiger partial charge >= 0.3 is 5.97 Å². The van der Waals surface area contributed by atoms with E-state index in [1.54, 1.807) is 5.57 Å². The molecule has 4 rings (SSSR count). The molecule has 0 bridgehead atoms. The van der Waals surface area contributed by atoms with E-state index in [9.17, 15) is 4.79 Å². The van der Waals surface area contributed by atoms with Crippen LogP contribution in [0.2, 0.25) is 0 Å². The summed E-state index contributed by atoms with van der Waals surface area (Å²) >= 11 is 0. The third-order valence-electron chi connectivity index (χ3n) is 13.0. The van der Waals surface area contributed by atoms with Crippen molar-refractivity contribution in [3.63, 3.8) is 0 Å². The van der Waals surface area contributed by atoms with Crippen LogP contribution < -0.4 is 0 Å². The summed E-state index contributed by atoms with van der Waals surface area (Å²) < 4.78 is 6.09. The van der Waals surface area contributed by atoms with Crippen molar-refractivity contribution in [3.05, 3.63) is 11.6 Å². The average Bonchev–Trinajstić information content (AvgIpc) is 3.29. The van der Waals surface area contributed by atoms with Crippen molar-refractivity contribution in [1.82, 2.24) is 0 Å². The first kappa shape index (κ1) is 33.1. The smallest absolute Gasteiger partial charge is 0.306 e. The van der Waals surface area contributed by atoms with Crippen LogP contribution in [-0.4, -0.2) is 12.1 Å². The average molecular weight is 569 g/mol. The Hall–Kier alpha value is -0.790. The highest BCUT2D eigenvalue weighted by molar-refractivity contribution is 5.69. The van der Waals surface area contributed by atoms with E-state index in [1.807, 2.05) is 0 Å². The Kier molecular flexibility index (Phi) is 12.3. The number of ether oxygens (including phenoxy) is 1. The molecule has 0 amide bonds. The molecule has 0 aromatic carbocycles. The topological polar surface area (TPSA) is 26.3 Å². The van der Waals surface area contributed by atoms with Crippen molar-refractivity contribution < 1.29 is 9.53 Å². The first-order valence-electron chi connectivity index (χ1n) is 18.6. The molecule has 0 saturated heterocycles. The summed E-state index contributed by atoms with van der Waals surface area (Å²) in [5.74, 6) is 5.34. The number of allylic oxidation sites excluding steroid dienone is 1. The van der Waals surface area contributed by atoms with Gasteiger partial charge < -0.3 is 4.74 Å². The third kappa shape index (κ3) is 8.03. The van der Waals surface area contributed by atoms with Crippen LogP contribution in [0.1, 0.15) is 176 Å². The van der Waals surface area contributed by atoms with E-state index in [2.05, 4.69) is 47.6 Å². The van der Waals surface area contributed by atoms with Gasteiger partial charge in [0.2, 0.25) is 0 Å². The van der Waals surface area contributed by atoms with E-state index in [-0.39, 0.29) is 12.1 Å². The van der Waals surface area contributed by atoms with Crippen molar-refractivity contribution in [2.75, 3.05) is 0 Å². The molecular weight excluding hydrogens is 500 g/mol. The van der Waals surface area contributed by atoms with Crippen molar-refractivity contribution >= 4 is 5.97 Å². The van der Waals surface area contributed by atoms with Crippen LogP contribution in [-0.2, 0) is 9.53 Å². The van der Waals surface area contributed by atoms with Gasteiger partial charge in [-0.3, -0.25) is 4.79 Å². The number of hydrogen-bond acceptors (Lipinski definition) is 2. The molecule has 236 valence electrons. The Balaban J connectivity index is 1.24. The molecule has 2 nitrogen and oxygen atoms in total. The summed E-state index contributed by atoms with van der Waals surface area (Å²) in [5.41, 5.74) is 2.54. The van der Waals surface area contributed by atoms with Gasteiger partial charge in [-0.2, -0.15) is 0 Å². The van der Waals surface area contributed by atoms with Crippen molar-refractivity contribution in [1.29, 1.82) is 0 Å². The fourth-order valence-corrected chi connectivity index (χ4v) is 10.6. The highest BCUT2D eigenvalue weighted by Gasteiger charge is 2.59. The third-order valence-corrected chi connectivity index (χ3v) is 13.0. The Morgan fingerprint density at radius 3 is 2.27 bits per heavy atom. The van der Waals surface area contributed by atoms with Gasteiger partial charge in [0.15, 0.2) is 0 Å². The molecule has 3 fully saturated rings. The molecule has 0 aliphatic heterocycles. The van der Waals surface area contributed by atoms with E-state index in [1.165, 1.54) is 109 Å². The first-order chi connectivity index (χ1) is 19.7. The molecule has 0 radical (unpaired) electrons. The maximum Gasteiger partial charge on any atom is 0.306 e. The number of carbonyl (C=O) groups excluding carboxylic acids is 1. The van der Waals surface area contributed by atoms with Gasteiger partial charge in [0.25, 0.3) is 0 Å². The second-order valence-electron chi connectivity index (χ2n) is 16.2. The molecule has 4 aliphatic carbocycles. The van der Waals surface area contributed by atoms with Crippen molar-refractivity contribution in [2.45, 2.75) is 182 Å². The second kappa shape index (κ2) is 15.3. The number of hydrogen-bond donors (Lipinski definition) is 0. The molecule has 41 heavy (non-hydrogen) atoms. The second-order valence-corrected chi connectivity index (χ2v) is 16.2. The zero-order chi connectivity index (χ0) is 29.5. The lowest BCUT2D eigenvalue weighted by Crippen LogP contribution is -2.51. The van der Waals surface area contributed by atoms with E-state index in [0.29, 0.717) is 17.3 Å². The first-order valence-corrected chi connectivity index (χ1v) is 18.6. The minimum absolute atomic E-state index is 0.0591. The standard InChI is InChI=1S/C39H68O2/c1-7-8-9-10-11-12-13-14-15-19-37(40)41-32-24-26-38(5)31(28-32)20-21-33-35-23-22-34(30(4)18-16-17-29(2)3)39(35,6)27-25-36(33)38/h20,29-30,32-36H,7-19,21-28H2,1-6H3. The SMILES string of the molecule is CCCCCCCCCCCC(=O)OC1CCC2(C)C(=CCC3C2CCC2(C)C(C(C)CCCC(C)C)CCC32)C1. The molecule has 4 aliphatic rings. The highest BCUT2D eigenvalue weighted by atomic mass is 16.5. The molecule has 8 atom stereocenters. The summed E-state index contributed by atoms with van der Waals surface area (Å²) in [5, 5.41) is 0. The number of esters is 1. The summed E-state index contributed by atoms with van der Waals surface area (Å²) in [6, 6.07) is 0. The number of unbranched alkanes of at least 4 members (excludes halogenated alkanes) is 8. The Morgan fingerprint density at radius 2 is 1.56 bits per heavy atom. The fourth-order valence-electron chi connectivity index (χ4n) is 10.6. The number of fused-ring (bicyclic) bond motifs is 5. The molecular formula is C39H68O2. The normalized spacial score (nSPS) is 35.4. The van der Waals surface area contributed by atoms with Gasteiger partial charge in [0.1, 0.15) is 6.10 Å². The minimum atomic E-state index is 0.0591. The zero-order valence-electron chi connectivity index (χ0n) is 28.3. The van der Waals surface area contributed by atoms with E-state index in [0.717, 1.165) is 54.8 Å². The molecule has 0 aromatic heterocycles. The van der Waals surface area contributed by atoms with Gasteiger partial charge in [-0.25, -0.2) is 0 Å². The molecule has 8 unspecified atom stereocenters. The van der Waals surface area contributed by atoms with Gasteiger partial charge in [-0.1, -0.05) is 124 Å². The summed E-state index contributed by atoms with van der Waals surface area (Å²) in [4.78, 5) is 12.7. The predicted molar refractivity (Wildman–Crippen MR) is 175 cm³/mol. The van der Waals surface area contributed by atoms with E-state index < -0.39 is 0 Å². The van der Waals surface area contributed by atoms with E-state index in [4.69, 9.17) is 4.74 Å². The molecule has 0 aromatic rings. The lowest BCUT2D eigenvalue weighted by molar-refractivity contribution is -0.151. The van der Waals surface area contributed by atoms with Crippen LogP contribution in [0.5, 0.6) is 0 Å². The van der Waals surface area contributed by atoms with Crippen LogP contribution in [0.25, 0.3) is 0 Å². The molecule has 0 N–H and O–H groups in total. The molecule has 2 heteroatoms. The van der Waals surface area contributed by atoms with E-state index >= 15 is 0 Å². The summed E-state index contributed by atoms with van der Waals surface area (Å²) in [7, 11) is 0. The number of rotatable bonds is 16. The summed E-state index contributed by atoms with van der Waals surface area (Å²) in [6.07, 6.45) is 29.6. The molecule has 0 spiro atoms. The fraction of sp³-hybridized carbons (Fsp3) is 0.923. The lowest BCUT2D eigenvalue weighted by atomic mass is 9.47. The monoisotopic (exact) mass is 569 g/mol. The van der Waals surface area contributed by atoms with Gasteiger partial charge in [-0.05, 0) is 97.7 Å². The molecule has 0 heterocycles. The van der Waals surface area contributed by atoms with Crippen molar-refractivity contribution in [3.8, 4) is 0 Å². The van der Waals surface area contributed by atoms with Crippen molar-refractivity contribution in [2.24, 2.45) is 46.3 Å². The number of carbonyl (C=O) groups is 1. The van der Waals surface area contributed by atoms with Crippen LogP contribution in [0.3, 0.4) is 0 Å². The quantitative estimate of drug-likeness (QED) is 0.105. The summed E-state index contributed by atoms with van der Waals surface area (Å²) in [6.45, 7) is 14.9. The maximum atomic E-state index is 12.7.